The van der Waals surface area contributed by atoms with Gasteiger partial charge >= 0.3 is 5.69 Å². The minimum absolute atomic E-state index is 0.225. The number of aromatic nitrogens is 3. The molecule has 138 valence electrons. The van der Waals surface area contributed by atoms with E-state index in [0.29, 0.717) is 24.3 Å². The van der Waals surface area contributed by atoms with Crippen molar-refractivity contribution in [1.82, 2.24) is 14.1 Å². The van der Waals surface area contributed by atoms with E-state index < -0.39 is 0 Å². The summed E-state index contributed by atoms with van der Waals surface area (Å²) in [4.78, 5) is 31.5. The van der Waals surface area contributed by atoms with Crippen LogP contribution in [-0.4, -0.2) is 14.1 Å². The van der Waals surface area contributed by atoms with Crippen LogP contribution in [0, 0.1) is 5.92 Å². The largest absolute Gasteiger partial charge is 0.331 e. The summed E-state index contributed by atoms with van der Waals surface area (Å²) in [5.41, 5.74) is 1.66. The smallest absolute Gasteiger partial charge is 0.284 e. The standard InChI is InChI=1S/C21H21N3O2S/c1-13(2)12-24-20-17(19(25)23(3)21(24)26)11-15(27-20)10-14-8-9-22-18-7-5-4-6-16(14)18/h4-9,11,13H,10,12H2,1-3H3. The highest BCUT2D eigenvalue weighted by atomic mass is 32.1. The van der Waals surface area contributed by atoms with Crippen LogP contribution < -0.4 is 11.2 Å². The van der Waals surface area contributed by atoms with Gasteiger partial charge in [0.1, 0.15) is 4.83 Å². The van der Waals surface area contributed by atoms with Crippen molar-refractivity contribution < 1.29 is 0 Å². The maximum Gasteiger partial charge on any atom is 0.331 e. The van der Waals surface area contributed by atoms with Gasteiger partial charge in [0.2, 0.25) is 0 Å². The van der Waals surface area contributed by atoms with E-state index in [1.807, 2.05) is 36.5 Å². The predicted molar refractivity (Wildman–Crippen MR) is 111 cm³/mol. The molecule has 0 amide bonds. The third-order valence-corrected chi connectivity index (χ3v) is 5.87. The highest BCUT2D eigenvalue weighted by molar-refractivity contribution is 7.18. The van der Waals surface area contributed by atoms with Gasteiger partial charge in [0.15, 0.2) is 0 Å². The Kier molecular flexibility index (Phi) is 4.44. The van der Waals surface area contributed by atoms with E-state index in [0.717, 1.165) is 20.6 Å². The molecule has 0 N–H and O–H groups in total. The molecule has 0 spiro atoms. The lowest BCUT2D eigenvalue weighted by molar-refractivity contribution is 0.504. The highest BCUT2D eigenvalue weighted by Gasteiger charge is 2.16. The first kappa shape index (κ1) is 17.7. The van der Waals surface area contributed by atoms with Crippen LogP contribution in [0.15, 0.2) is 52.2 Å². The fraction of sp³-hybridized carbons (Fsp3) is 0.286. The molecule has 0 fully saturated rings. The quantitative estimate of drug-likeness (QED) is 0.545. The van der Waals surface area contributed by atoms with Crippen LogP contribution in [0.2, 0.25) is 0 Å². The van der Waals surface area contributed by atoms with Crippen molar-refractivity contribution in [2.24, 2.45) is 13.0 Å². The average Bonchev–Trinajstić information content (AvgIpc) is 3.07. The molecule has 0 radical (unpaired) electrons. The maximum atomic E-state index is 12.6. The van der Waals surface area contributed by atoms with Gasteiger partial charge < -0.3 is 0 Å². The molecule has 3 aromatic heterocycles. The molecule has 0 atom stereocenters. The molecule has 27 heavy (non-hydrogen) atoms. The summed E-state index contributed by atoms with van der Waals surface area (Å²) in [6, 6.07) is 12.0. The van der Waals surface area contributed by atoms with Gasteiger partial charge in [0.25, 0.3) is 5.56 Å². The van der Waals surface area contributed by atoms with E-state index in [9.17, 15) is 9.59 Å². The van der Waals surface area contributed by atoms with Crippen LogP contribution in [0.1, 0.15) is 24.3 Å². The van der Waals surface area contributed by atoms with Gasteiger partial charge in [0.05, 0.1) is 10.9 Å². The molecule has 0 aliphatic rings. The minimum atomic E-state index is -0.246. The SMILES string of the molecule is CC(C)Cn1c(=O)n(C)c(=O)c2cc(Cc3ccnc4ccccc34)sc21. The molecule has 0 bridgehead atoms. The molecule has 6 heteroatoms. The Labute approximate surface area is 160 Å². The van der Waals surface area contributed by atoms with Crippen LogP contribution >= 0.6 is 11.3 Å². The maximum absolute atomic E-state index is 12.6. The Balaban J connectivity index is 1.87. The summed E-state index contributed by atoms with van der Waals surface area (Å²) >= 11 is 1.54. The normalized spacial score (nSPS) is 11.7. The topological polar surface area (TPSA) is 56.9 Å². The minimum Gasteiger partial charge on any atom is -0.284 e. The molecule has 5 nitrogen and oxygen atoms in total. The zero-order chi connectivity index (χ0) is 19.1. The van der Waals surface area contributed by atoms with Crippen molar-refractivity contribution >= 4 is 32.5 Å². The van der Waals surface area contributed by atoms with Gasteiger partial charge in [-0.1, -0.05) is 32.0 Å². The average molecular weight is 379 g/mol. The Morgan fingerprint density at radius 2 is 1.89 bits per heavy atom. The second kappa shape index (κ2) is 6.78. The molecular weight excluding hydrogens is 358 g/mol. The molecule has 0 saturated carbocycles. The molecule has 4 rings (SSSR count). The summed E-state index contributed by atoms with van der Waals surface area (Å²) in [5.74, 6) is 0.318. The van der Waals surface area contributed by atoms with Gasteiger partial charge in [-0.3, -0.25) is 18.9 Å². The Bertz CT molecular complexity index is 1260. The predicted octanol–water partition coefficient (Wildman–Crippen LogP) is 3.56. The first-order valence-corrected chi connectivity index (χ1v) is 9.82. The Hall–Kier alpha value is -2.73. The molecule has 0 aliphatic carbocycles. The van der Waals surface area contributed by atoms with E-state index in [4.69, 9.17) is 0 Å². The van der Waals surface area contributed by atoms with E-state index in [1.54, 1.807) is 11.6 Å². The van der Waals surface area contributed by atoms with Gasteiger partial charge in [-0.25, -0.2) is 4.79 Å². The summed E-state index contributed by atoms with van der Waals surface area (Å²) in [6.07, 6.45) is 2.53. The highest BCUT2D eigenvalue weighted by Crippen LogP contribution is 2.27. The van der Waals surface area contributed by atoms with Crippen LogP contribution in [-0.2, 0) is 20.0 Å². The van der Waals surface area contributed by atoms with Gasteiger partial charge in [-0.2, -0.15) is 0 Å². The van der Waals surface area contributed by atoms with Crippen molar-refractivity contribution in [2.45, 2.75) is 26.8 Å². The van der Waals surface area contributed by atoms with Crippen molar-refractivity contribution in [3.63, 3.8) is 0 Å². The lowest BCUT2D eigenvalue weighted by Gasteiger charge is -2.11. The van der Waals surface area contributed by atoms with Crippen molar-refractivity contribution in [3.8, 4) is 0 Å². The van der Waals surface area contributed by atoms with Gasteiger partial charge in [-0.15, -0.1) is 11.3 Å². The molecule has 3 heterocycles. The zero-order valence-electron chi connectivity index (χ0n) is 15.6. The molecule has 1 aromatic carbocycles. The second-order valence-electron chi connectivity index (χ2n) is 7.25. The number of fused-ring (bicyclic) bond motifs is 2. The van der Waals surface area contributed by atoms with E-state index in [1.165, 1.54) is 21.5 Å². The van der Waals surface area contributed by atoms with Crippen LogP contribution in [0.5, 0.6) is 0 Å². The monoisotopic (exact) mass is 379 g/mol. The van der Waals surface area contributed by atoms with Crippen LogP contribution in [0.4, 0.5) is 0 Å². The number of rotatable bonds is 4. The summed E-state index contributed by atoms with van der Waals surface area (Å²) < 4.78 is 2.95. The number of pyridine rings is 1. The lowest BCUT2D eigenvalue weighted by atomic mass is 10.1. The van der Waals surface area contributed by atoms with Crippen molar-refractivity contribution in [3.05, 3.63) is 73.9 Å². The van der Waals surface area contributed by atoms with Crippen molar-refractivity contribution in [1.29, 1.82) is 0 Å². The van der Waals surface area contributed by atoms with E-state index >= 15 is 0 Å². The number of nitrogens with zero attached hydrogens (tertiary/aromatic N) is 3. The number of hydrogen-bond acceptors (Lipinski definition) is 4. The third kappa shape index (κ3) is 3.10. The lowest BCUT2D eigenvalue weighted by Crippen LogP contribution is -2.38. The van der Waals surface area contributed by atoms with E-state index in [-0.39, 0.29) is 11.2 Å². The van der Waals surface area contributed by atoms with Crippen LogP contribution in [0.25, 0.3) is 21.1 Å². The number of thiophene rings is 1. The van der Waals surface area contributed by atoms with Crippen LogP contribution in [0.3, 0.4) is 0 Å². The zero-order valence-corrected chi connectivity index (χ0v) is 16.4. The Morgan fingerprint density at radius 3 is 2.67 bits per heavy atom. The van der Waals surface area contributed by atoms with Gasteiger partial charge in [0, 0.05) is 36.5 Å². The van der Waals surface area contributed by atoms with E-state index in [2.05, 4.69) is 24.9 Å². The molecule has 0 saturated heterocycles. The number of benzene rings is 1. The summed E-state index contributed by atoms with van der Waals surface area (Å²) in [7, 11) is 1.55. The molecule has 4 aromatic rings. The Morgan fingerprint density at radius 1 is 1.11 bits per heavy atom. The molecular formula is C21H21N3O2S. The second-order valence-corrected chi connectivity index (χ2v) is 8.36. The fourth-order valence-electron chi connectivity index (χ4n) is 3.43. The molecule has 0 aliphatic heterocycles. The van der Waals surface area contributed by atoms with Gasteiger partial charge in [-0.05, 0) is 29.7 Å². The first-order chi connectivity index (χ1) is 13.0. The molecule has 0 unspecified atom stereocenters. The third-order valence-electron chi connectivity index (χ3n) is 4.71. The number of para-hydroxylation sites is 1. The summed E-state index contributed by atoms with van der Waals surface area (Å²) in [6.45, 7) is 4.74. The number of hydrogen-bond donors (Lipinski definition) is 0. The first-order valence-electron chi connectivity index (χ1n) is 9.00. The summed E-state index contributed by atoms with van der Waals surface area (Å²) in [5, 5.41) is 1.74. The fourth-order valence-corrected chi connectivity index (χ4v) is 4.60. The van der Waals surface area contributed by atoms with Crippen molar-refractivity contribution in [2.75, 3.05) is 0 Å².